The van der Waals surface area contributed by atoms with Crippen LogP contribution in [0.2, 0.25) is 0 Å². The number of aliphatic hydroxyl groups excluding tert-OH is 6. The number of benzene rings is 4. The Kier molecular flexibility index (Phi) is 26.2. The third kappa shape index (κ3) is 19.1. The van der Waals surface area contributed by atoms with Crippen molar-refractivity contribution in [1.82, 2.24) is 19.9 Å². The number of hydrogen-bond acceptors (Lipinski definition) is 14. The van der Waals surface area contributed by atoms with Crippen molar-refractivity contribution in [2.24, 2.45) is 21.7 Å². The first-order chi connectivity index (χ1) is 43.1. The number of rotatable bonds is 16. The monoisotopic (exact) mass is 1270 g/mol. The lowest BCUT2D eigenvalue weighted by Crippen LogP contribution is -2.19. The summed E-state index contributed by atoms with van der Waals surface area (Å²) in [6.45, 7) is 27.0. The lowest BCUT2D eigenvalue weighted by atomic mass is 9.81. The summed E-state index contributed by atoms with van der Waals surface area (Å²) < 4.78 is 77.5. The molecular formula is C74H92F4N4O10. The maximum absolute atomic E-state index is 14.3. The van der Waals surface area contributed by atoms with Crippen LogP contribution in [0.3, 0.4) is 0 Å². The van der Waals surface area contributed by atoms with Gasteiger partial charge in [-0.1, -0.05) is 170 Å². The molecule has 0 aliphatic carbocycles. The van der Waals surface area contributed by atoms with Crippen LogP contribution >= 0.6 is 0 Å². The number of aliphatic hydroxyl groups is 6. The third-order valence-electron chi connectivity index (χ3n) is 15.4. The summed E-state index contributed by atoms with van der Waals surface area (Å²) in [5.74, 6) is -0.577. The summed E-state index contributed by atoms with van der Waals surface area (Å²) in [5.41, 5.74) is 8.38. The zero-order valence-corrected chi connectivity index (χ0v) is 56.3. The highest BCUT2D eigenvalue weighted by Gasteiger charge is 2.32. The van der Waals surface area contributed by atoms with E-state index >= 15 is 0 Å². The van der Waals surface area contributed by atoms with E-state index in [0.717, 1.165) is 59.9 Å². The summed E-state index contributed by atoms with van der Waals surface area (Å²) >= 11 is 0. The van der Waals surface area contributed by atoms with Gasteiger partial charge in [0.2, 0.25) is 23.5 Å². The van der Waals surface area contributed by atoms with E-state index in [9.17, 15) is 48.2 Å². The Morgan fingerprint density at radius 3 is 0.696 bits per heavy atom. The average molecular weight is 1270 g/mol. The summed E-state index contributed by atoms with van der Waals surface area (Å²) in [7, 11) is 5.91. The Hall–Kier alpha value is -7.84. The van der Waals surface area contributed by atoms with Gasteiger partial charge in [-0.05, 0) is 101 Å². The SMILES string of the molecule is CCc1ccc(-c2cc(OC)ncc2F)c([C@@H](O)C(C)(C)C)c1.CCc1ccc(-c2cc(OC)ncc2F)c([C@H](O)C(C)(C)C)c1.COc1cc(-c2ccc(CO)cc2[C@@H](O)C(C)(C)C)c(F)cn1.COc1cc(-c2ccc(CO)cc2[C@H](O)C(C)(C)C)c(F)cn1. The molecule has 14 nitrogen and oxygen atoms in total. The molecule has 0 fully saturated rings. The Labute approximate surface area is 540 Å². The zero-order valence-electron chi connectivity index (χ0n) is 56.3. The van der Waals surface area contributed by atoms with E-state index in [2.05, 4.69) is 33.8 Å². The molecule has 4 atom stereocenters. The highest BCUT2D eigenvalue weighted by Crippen LogP contribution is 2.44. The van der Waals surface area contributed by atoms with Crippen molar-refractivity contribution in [3.05, 3.63) is 190 Å². The topological polar surface area (TPSA) is 210 Å². The lowest BCUT2D eigenvalue weighted by molar-refractivity contribution is 0.0629. The number of aryl methyl sites for hydroxylation is 2. The largest absolute Gasteiger partial charge is 0.481 e. The summed E-state index contributed by atoms with van der Waals surface area (Å²) in [6.07, 6.45) is 3.15. The minimum Gasteiger partial charge on any atom is -0.481 e. The van der Waals surface area contributed by atoms with E-state index in [1.807, 2.05) is 119 Å². The first-order valence-electron chi connectivity index (χ1n) is 30.4. The second-order valence-corrected chi connectivity index (χ2v) is 26.6. The molecule has 4 heterocycles. The van der Waals surface area contributed by atoms with Gasteiger partial charge in [-0.3, -0.25) is 0 Å². The minimum absolute atomic E-state index is 0.147. The van der Waals surface area contributed by atoms with Gasteiger partial charge in [-0.15, -0.1) is 0 Å². The number of pyridine rings is 4. The Balaban J connectivity index is 0.000000223. The molecule has 8 rings (SSSR count). The fraction of sp³-hybridized carbons (Fsp3) is 0.405. The fourth-order valence-electron chi connectivity index (χ4n) is 9.79. The third-order valence-corrected chi connectivity index (χ3v) is 15.4. The highest BCUT2D eigenvalue weighted by molar-refractivity contribution is 5.73. The molecule has 496 valence electrons. The molecule has 4 aromatic heterocycles. The molecule has 0 saturated carbocycles. The van der Waals surface area contributed by atoms with E-state index < -0.39 is 58.5 Å². The molecule has 0 saturated heterocycles. The normalized spacial score (nSPS) is 13.0. The average Bonchev–Trinajstić information content (AvgIpc) is 0.835. The number of hydrogen-bond donors (Lipinski definition) is 6. The Morgan fingerprint density at radius 1 is 0.326 bits per heavy atom. The molecule has 92 heavy (non-hydrogen) atoms. The zero-order chi connectivity index (χ0) is 68.8. The van der Waals surface area contributed by atoms with Crippen LogP contribution in [0, 0.1) is 44.9 Å². The van der Waals surface area contributed by atoms with Gasteiger partial charge in [0, 0.05) is 46.5 Å². The van der Waals surface area contributed by atoms with Gasteiger partial charge in [-0.25, -0.2) is 37.5 Å². The van der Waals surface area contributed by atoms with Gasteiger partial charge in [0.25, 0.3) is 0 Å². The molecule has 0 amide bonds. The van der Waals surface area contributed by atoms with Crippen LogP contribution in [0.25, 0.3) is 44.5 Å². The molecule has 0 aliphatic rings. The van der Waals surface area contributed by atoms with Gasteiger partial charge < -0.3 is 49.6 Å². The van der Waals surface area contributed by atoms with Gasteiger partial charge in [0.05, 0.1) is 90.9 Å². The van der Waals surface area contributed by atoms with E-state index in [0.29, 0.717) is 90.3 Å². The minimum atomic E-state index is -0.817. The van der Waals surface area contributed by atoms with Crippen LogP contribution in [0.1, 0.15) is 166 Å². The summed E-state index contributed by atoms with van der Waals surface area (Å²) in [5, 5.41) is 61.6. The van der Waals surface area contributed by atoms with E-state index in [-0.39, 0.29) is 24.0 Å². The maximum Gasteiger partial charge on any atom is 0.213 e. The number of aromatic nitrogens is 4. The molecule has 0 unspecified atom stereocenters. The predicted octanol–water partition coefficient (Wildman–Crippen LogP) is 16.0. The summed E-state index contributed by atoms with van der Waals surface area (Å²) in [6, 6.07) is 27.9. The molecule has 8 aromatic rings. The van der Waals surface area contributed by atoms with Crippen molar-refractivity contribution < 1.29 is 67.1 Å². The van der Waals surface area contributed by atoms with Crippen LogP contribution in [0.15, 0.2) is 122 Å². The van der Waals surface area contributed by atoms with Crippen molar-refractivity contribution >= 4 is 0 Å². The quantitative estimate of drug-likeness (QED) is 0.0498. The van der Waals surface area contributed by atoms with Crippen molar-refractivity contribution in [2.45, 2.75) is 147 Å². The van der Waals surface area contributed by atoms with Gasteiger partial charge in [0.15, 0.2) is 0 Å². The Bertz CT molecular complexity index is 3260. The van der Waals surface area contributed by atoms with E-state index in [1.165, 1.54) is 40.6 Å². The molecule has 0 spiro atoms. The molecular weight excluding hydrogens is 1180 g/mol. The molecule has 18 heteroatoms. The lowest BCUT2D eigenvalue weighted by Gasteiger charge is -2.28. The number of halogens is 4. The van der Waals surface area contributed by atoms with Crippen molar-refractivity contribution in [3.63, 3.8) is 0 Å². The predicted molar refractivity (Wildman–Crippen MR) is 353 cm³/mol. The second kappa shape index (κ2) is 32.1. The number of ether oxygens (including phenoxy) is 4. The molecule has 4 aromatic carbocycles. The second-order valence-electron chi connectivity index (χ2n) is 26.6. The smallest absolute Gasteiger partial charge is 0.213 e. The van der Waals surface area contributed by atoms with Gasteiger partial charge >= 0.3 is 0 Å². The number of methoxy groups -OCH3 is 4. The fourth-order valence-corrected chi connectivity index (χ4v) is 9.79. The van der Waals surface area contributed by atoms with Crippen molar-refractivity contribution in [1.29, 1.82) is 0 Å². The van der Waals surface area contributed by atoms with Crippen LogP contribution in [-0.2, 0) is 26.1 Å². The molecule has 0 bridgehead atoms. The molecule has 0 aliphatic heterocycles. The number of nitrogens with zero attached hydrogens (tertiary/aromatic N) is 4. The maximum atomic E-state index is 14.3. The van der Waals surface area contributed by atoms with Crippen LogP contribution < -0.4 is 18.9 Å². The van der Waals surface area contributed by atoms with Crippen LogP contribution in [0.5, 0.6) is 23.5 Å². The van der Waals surface area contributed by atoms with Crippen molar-refractivity contribution in [3.8, 4) is 68.0 Å². The van der Waals surface area contributed by atoms with E-state index in [1.54, 1.807) is 48.5 Å². The highest BCUT2D eigenvalue weighted by atomic mass is 19.1. The first kappa shape index (κ1) is 74.9. The van der Waals surface area contributed by atoms with Gasteiger partial charge in [-0.2, -0.15) is 0 Å². The van der Waals surface area contributed by atoms with Gasteiger partial charge in [0.1, 0.15) is 23.3 Å². The van der Waals surface area contributed by atoms with E-state index in [4.69, 9.17) is 18.9 Å². The summed E-state index contributed by atoms with van der Waals surface area (Å²) in [4.78, 5) is 15.4. The van der Waals surface area contributed by atoms with Crippen LogP contribution in [-0.4, -0.2) is 79.0 Å². The van der Waals surface area contributed by atoms with Crippen LogP contribution in [0.4, 0.5) is 17.6 Å². The molecule has 0 radical (unpaired) electrons. The molecule has 6 N–H and O–H groups in total. The van der Waals surface area contributed by atoms with Crippen molar-refractivity contribution in [2.75, 3.05) is 28.4 Å². The first-order valence-corrected chi connectivity index (χ1v) is 30.4. The standard InChI is InChI=1S/2C19H24FNO2.2C18H22FNO3/c2*1-6-12-7-8-13(15(9-12)18(22)19(2,3)4)14-10-17(23-5)21-11-16(14)20;2*1-18(2,3)17(22)14-7-11(10-21)5-6-12(14)13-8-16(23-4)20-9-15(13)19/h2*7-11,18,22H,6H2,1-5H3;2*5-9,17,21-22H,10H2,1-4H3/t2*18-;2*17-/m1010/s1. The Morgan fingerprint density at radius 2 is 0.522 bits per heavy atom.